The van der Waals surface area contributed by atoms with Crippen molar-refractivity contribution in [3.05, 3.63) is 94.5 Å². The number of aliphatic hydroxyl groups is 1. The van der Waals surface area contributed by atoms with Gasteiger partial charge in [-0.1, -0.05) is 22.8 Å². The first-order valence-corrected chi connectivity index (χ1v) is 8.82. The van der Waals surface area contributed by atoms with Crippen LogP contribution in [0.25, 0.3) is 22.6 Å². The first kappa shape index (κ1) is 19.2. The molecule has 0 spiro atoms. The summed E-state index contributed by atoms with van der Waals surface area (Å²) in [6, 6.07) is 10.00. The van der Waals surface area contributed by atoms with Crippen LogP contribution in [0.3, 0.4) is 0 Å². The van der Waals surface area contributed by atoms with Gasteiger partial charge in [0.1, 0.15) is 29.2 Å². The fraction of sp³-hybridized carbons (Fsp3) is 0.0476. The molecule has 0 saturated carbocycles. The maximum absolute atomic E-state index is 14.5. The van der Waals surface area contributed by atoms with Gasteiger partial charge in [0.15, 0.2) is 5.76 Å². The van der Waals surface area contributed by atoms with E-state index >= 15 is 0 Å². The van der Waals surface area contributed by atoms with Crippen LogP contribution in [0, 0.1) is 17.5 Å². The minimum atomic E-state index is -1.36. The van der Waals surface area contributed by atoms with E-state index in [0.29, 0.717) is 11.6 Å². The number of aromatic nitrogens is 2. The van der Waals surface area contributed by atoms with Crippen LogP contribution in [0.1, 0.15) is 17.2 Å². The molecule has 1 unspecified atom stereocenters. The molecule has 4 aromatic rings. The van der Waals surface area contributed by atoms with Crippen molar-refractivity contribution in [2.75, 3.05) is 0 Å². The summed E-state index contributed by atoms with van der Waals surface area (Å²) in [5.41, 5.74) is 0.172. The van der Waals surface area contributed by atoms with E-state index < -0.39 is 23.6 Å². The predicted octanol–water partition coefficient (Wildman–Crippen LogP) is 5.56. The van der Waals surface area contributed by atoms with Crippen molar-refractivity contribution in [3.63, 3.8) is 0 Å². The normalized spacial score (nSPS) is 12.2. The molecule has 0 aliphatic heterocycles. The standard InChI is InChI=1S/C21H12ClF3N2O2/c22-12-3-5-15(16(24)8-12)21-18(20(28)11-2-1-7-26-10-11)19(27-29-21)14-6-4-13(23)9-17(14)25/h1-10,20,28H. The van der Waals surface area contributed by atoms with Crippen LogP contribution in [-0.2, 0) is 0 Å². The third-order valence-electron chi connectivity index (χ3n) is 4.36. The zero-order valence-electron chi connectivity index (χ0n) is 14.6. The Morgan fingerprint density at radius 2 is 1.72 bits per heavy atom. The van der Waals surface area contributed by atoms with Gasteiger partial charge in [0.2, 0.25) is 0 Å². The second-order valence-corrected chi connectivity index (χ2v) is 6.65. The Morgan fingerprint density at radius 1 is 0.966 bits per heavy atom. The molecular formula is C21H12ClF3N2O2. The van der Waals surface area contributed by atoms with Crippen molar-refractivity contribution in [1.82, 2.24) is 10.1 Å². The molecular weight excluding hydrogens is 405 g/mol. The molecule has 1 N–H and O–H groups in total. The highest BCUT2D eigenvalue weighted by molar-refractivity contribution is 6.30. The fourth-order valence-corrected chi connectivity index (χ4v) is 3.16. The Kier molecular flexibility index (Phi) is 5.08. The Bertz CT molecular complexity index is 1110. The summed E-state index contributed by atoms with van der Waals surface area (Å²) < 4.78 is 47.6. The lowest BCUT2D eigenvalue weighted by Gasteiger charge is -2.13. The molecule has 0 fully saturated rings. The number of aliphatic hydroxyl groups excluding tert-OH is 1. The van der Waals surface area contributed by atoms with Gasteiger partial charge in [0.25, 0.3) is 0 Å². The van der Waals surface area contributed by atoms with Gasteiger partial charge in [-0.2, -0.15) is 0 Å². The molecule has 0 amide bonds. The smallest absolute Gasteiger partial charge is 0.176 e. The van der Waals surface area contributed by atoms with Crippen molar-refractivity contribution in [2.45, 2.75) is 6.10 Å². The van der Waals surface area contributed by atoms with Crippen LogP contribution in [0.2, 0.25) is 5.02 Å². The Morgan fingerprint density at radius 3 is 2.41 bits per heavy atom. The third-order valence-corrected chi connectivity index (χ3v) is 4.60. The van der Waals surface area contributed by atoms with E-state index in [0.717, 1.165) is 12.1 Å². The van der Waals surface area contributed by atoms with Gasteiger partial charge in [-0.25, -0.2) is 13.2 Å². The molecule has 2 aromatic heterocycles. The largest absolute Gasteiger partial charge is 0.383 e. The SMILES string of the molecule is OC(c1cccnc1)c1c(-c2ccc(F)cc2F)noc1-c1ccc(Cl)cc1F. The molecule has 0 aliphatic carbocycles. The van der Waals surface area contributed by atoms with E-state index in [1.54, 1.807) is 12.1 Å². The van der Waals surface area contributed by atoms with Crippen molar-refractivity contribution >= 4 is 11.6 Å². The van der Waals surface area contributed by atoms with Crippen molar-refractivity contribution in [2.24, 2.45) is 0 Å². The van der Waals surface area contributed by atoms with Crippen LogP contribution >= 0.6 is 11.6 Å². The van der Waals surface area contributed by atoms with Crippen molar-refractivity contribution in [3.8, 4) is 22.6 Å². The number of rotatable bonds is 4. The van der Waals surface area contributed by atoms with Gasteiger partial charge in [-0.3, -0.25) is 4.98 Å². The maximum Gasteiger partial charge on any atom is 0.176 e. The van der Waals surface area contributed by atoms with Gasteiger partial charge < -0.3 is 9.63 Å². The summed E-state index contributed by atoms with van der Waals surface area (Å²) in [5.74, 6) is -2.48. The van der Waals surface area contributed by atoms with Crippen LogP contribution in [0.5, 0.6) is 0 Å². The minimum absolute atomic E-state index is 0.0183. The Balaban J connectivity index is 1.96. The molecule has 0 radical (unpaired) electrons. The zero-order chi connectivity index (χ0) is 20.5. The number of benzene rings is 2. The van der Waals surface area contributed by atoms with Gasteiger partial charge in [-0.15, -0.1) is 0 Å². The second-order valence-electron chi connectivity index (χ2n) is 6.21. The molecule has 2 heterocycles. The van der Waals surface area contributed by atoms with Gasteiger partial charge in [0, 0.05) is 34.6 Å². The number of pyridine rings is 1. The fourth-order valence-electron chi connectivity index (χ4n) is 3.00. The van der Waals surface area contributed by atoms with E-state index in [4.69, 9.17) is 16.1 Å². The zero-order valence-corrected chi connectivity index (χ0v) is 15.4. The van der Waals surface area contributed by atoms with E-state index in [1.165, 1.54) is 30.6 Å². The lowest BCUT2D eigenvalue weighted by molar-refractivity contribution is 0.220. The molecule has 4 nitrogen and oxygen atoms in total. The first-order valence-electron chi connectivity index (χ1n) is 8.44. The number of halogens is 4. The van der Waals surface area contributed by atoms with E-state index in [1.807, 2.05) is 0 Å². The highest BCUT2D eigenvalue weighted by Gasteiger charge is 2.29. The molecule has 0 aliphatic rings. The second kappa shape index (κ2) is 7.69. The number of nitrogens with zero attached hydrogens (tertiary/aromatic N) is 2. The molecule has 4 rings (SSSR count). The summed E-state index contributed by atoms with van der Waals surface area (Å²) >= 11 is 5.81. The van der Waals surface area contributed by atoms with E-state index in [-0.39, 0.29) is 33.2 Å². The van der Waals surface area contributed by atoms with Crippen LogP contribution in [0.4, 0.5) is 13.2 Å². The van der Waals surface area contributed by atoms with Crippen molar-refractivity contribution in [1.29, 1.82) is 0 Å². The molecule has 0 bridgehead atoms. The number of hydrogen-bond acceptors (Lipinski definition) is 4. The lowest BCUT2D eigenvalue weighted by Crippen LogP contribution is -2.04. The third kappa shape index (κ3) is 3.62. The van der Waals surface area contributed by atoms with E-state index in [2.05, 4.69) is 10.1 Å². The lowest BCUT2D eigenvalue weighted by atomic mass is 9.94. The summed E-state index contributed by atoms with van der Waals surface area (Å²) in [6.45, 7) is 0. The summed E-state index contributed by atoms with van der Waals surface area (Å²) in [7, 11) is 0. The highest BCUT2D eigenvalue weighted by Crippen LogP contribution is 2.40. The average Bonchev–Trinajstić information content (AvgIpc) is 3.12. The summed E-state index contributed by atoms with van der Waals surface area (Å²) in [6.07, 6.45) is 1.56. The van der Waals surface area contributed by atoms with Crippen LogP contribution in [-0.4, -0.2) is 15.2 Å². The molecule has 1 atom stereocenters. The molecule has 29 heavy (non-hydrogen) atoms. The summed E-state index contributed by atoms with van der Waals surface area (Å²) in [4.78, 5) is 3.95. The predicted molar refractivity (Wildman–Crippen MR) is 101 cm³/mol. The molecule has 0 saturated heterocycles. The first-order chi connectivity index (χ1) is 14.0. The average molecular weight is 417 g/mol. The molecule has 2 aromatic carbocycles. The maximum atomic E-state index is 14.5. The summed E-state index contributed by atoms with van der Waals surface area (Å²) in [5, 5.41) is 15.0. The highest BCUT2D eigenvalue weighted by atomic mass is 35.5. The van der Waals surface area contributed by atoms with Gasteiger partial charge >= 0.3 is 0 Å². The monoisotopic (exact) mass is 416 g/mol. The van der Waals surface area contributed by atoms with Crippen LogP contribution in [0.15, 0.2) is 65.4 Å². The minimum Gasteiger partial charge on any atom is -0.383 e. The Hall–Kier alpha value is -3.16. The molecule has 8 heteroatoms. The van der Waals surface area contributed by atoms with Gasteiger partial charge in [0.05, 0.1) is 11.1 Å². The topological polar surface area (TPSA) is 59.2 Å². The van der Waals surface area contributed by atoms with Crippen LogP contribution < -0.4 is 0 Å². The number of hydrogen-bond donors (Lipinski definition) is 1. The molecule has 146 valence electrons. The van der Waals surface area contributed by atoms with Crippen molar-refractivity contribution < 1.29 is 22.8 Å². The van der Waals surface area contributed by atoms with Gasteiger partial charge in [-0.05, 0) is 36.4 Å². The Labute approximate surface area is 168 Å². The quantitative estimate of drug-likeness (QED) is 0.473. The van der Waals surface area contributed by atoms with E-state index in [9.17, 15) is 18.3 Å².